The Morgan fingerprint density at radius 1 is 1.37 bits per heavy atom. The SMILES string of the molecule is Cn1ccc(CCNS(=O)(=O)c2cnc(N)nc2)n1. The first kappa shape index (κ1) is 13.4. The van der Waals surface area contributed by atoms with Crippen molar-refractivity contribution >= 4 is 16.0 Å². The molecule has 0 aliphatic carbocycles. The predicted octanol–water partition coefficient (Wildman–Crippen LogP) is -0.687. The van der Waals surface area contributed by atoms with E-state index in [4.69, 9.17) is 5.73 Å². The Morgan fingerprint density at radius 2 is 2.05 bits per heavy atom. The smallest absolute Gasteiger partial charge is 0.243 e. The summed E-state index contributed by atoms with van der Waals surface area (Å²) in [5.41, 5.74) is 6.12. The van der Waals surface area contributed by atoms with Crippen molar-refractivity contribution in [2.45, 2.75) is 11.3 Å². The van der Waals surface area contributed by atoms with E-state index in [9.17, 15) is 8.42 Å². The topological polar surface area (TPSA) is 116 Å². The lowest BCUT2D eigenvalue weighted by molar-refractivity contribution is 0.580. The summed E-state index contributed by atoms with van der Waals surface area (Å²) in [4.78, 5) is 7.28. The molecule has 0 aliphatic heterocycles. The van der Waals surface area contributed by atoms with Gasteiger partial charge in [-0.15, -0.1) is 0 Å². The molecular formula is C10H14N6O2S. The Hall–Kier alpha value is -2.00. The van der Waals surface area contributed by atoms with E-state index in [-0.39, 0.29) is 17.4 Å². The van der Waals surface area contributed by atoms with Crippen molar-refractivity contribution < 1.29 is 8.42 Å². The van der Waals surface area contributed by atoms with Gasteiger partial charge in [0.1, 0.15) is 4.90 Å². The van der Waals surface area contributed by atoms with Gasteiger partial charge in [0.15, 0.2) is 0 Å². The summed E-state index contributed by atoms with van der Waals surface area (Å²) in [5, 5.41) is 4.16. The van der Waals surface area contributed by atoms with E-state index < -0.39 is 10.0 Å². The second-order valence-electron chi connectivity index (χ2n) is 3.91. The number of hydrogen-bond donors (Lipinski definition) is 2. The molecule has 0 amide bonds. The number of nitrogens with two attached hydrogens (primary N) is 1. The third-order valence-electron chi connectivity index (χ3n) is 2.40. The van der Waals surface area contributed by atoms with Crippen LogP contribution in [0.5, 0.6) is 0 Å². The Bertz CT molecular complexity index is 649. The molecule has 0 atom stereocenters. The Balaban J connectivity index is 1.96. The largest absolute Gasteiger partial charge is 0.368 e. The highest BCUT2D eigenvalue weighted by molar-refractivity contribution is 7.89. The molecule has 0 aliphatic rings. The molecule has 0 aromatic carbocycles. The average molecular weight is 282 g/mol. The van der Waals surface area contributed by atoms with Gasteiger partial charge in [-0.05, 0) is 6.07 Å². The second-order valence-corrected chi connectivity index (χ2v) is 5.67. The summed E-state index contributed by atoms with van der Waals surface area (Å²) in [6.07, 6.45) is 4.66. The number of nitrogens with zero attached hydrogens (tertiary/aromatic N) is 4. The van der Waals surface area contributed by atoms with Gasteiger partial charge in [-0.2, -0.15) is 5.10 Å². The van der Waals surface area contributed by atoms with Crippen molar-refractivity contribution in [2.24, 2.45) is 7.05 Å². The highest BCUT2D eigenvalue weighted by Crippen LogP contribution is 2.05. The fourth-order valence-electron chi connectivity index (χ4n) is 1.46. The highest BCUT2D eigenvalue weighted by Gasteiger charge is 2.14. The number of hydrogen-bond acceptors (Lipinski definition) is 6. The molecule has 0 fully saturated rings. The van der Waals surface area contributed by atoms with Crippen LogP contribution in [0, 0.1) is 0 Å². The lowest BCUT2D eigenvalue weighted by Crippen LogP contribution is -2.26. The fraction of sp³-hybridized carbons (Fsp3) is 0.300. The van der Waals surface area contributed by atoms with Gasteiger partial charge < -0.3 is 5.73 Å². The number of sulfonamides is 1. The van der Waals surface area contributed by atoms with Gasteiger partial charge in [0, 0.05) is 26.2 Å². The van der Waals surface area contributed by atoms with E-state index in [0.717, 1.165) is 5.69 Å². The molecule has 2 aromatic heterocycles. The maximum atomic E-state index is 11.9. The monoisotopic (exact) mass is 282 g/mol. The summed E-state index contributed by atoms with van der Waals surface area (Å²) < 4.78 is 27.9. The van der Waals surface area contributed by atoms with Gasteiger partial charge in [-0.1, -0.05) is 0 Å². The average Bonchev–Trinajstić information content (AvgIpc) is 2.75. The zero-order chi connectivity index (χ0) is 13.9. The second kappa shape index (κ2) is 5.33. The van der Waals surface area contributed by atoms with Crippen LogP contribution in [-0.2, 0) is 23.5 Å². The third-order valence-corrected chi connectivity index (χ3v) is 3.82. The lowest BCUT2D eigenvalue weighted by atomic mass is 10.3. The maximum Gasteiger partial charge on any atom is 0.243 e. The van der Waals surface area contributed by atoms with Crippen LogP contribution >= 0.6 is 0 Å². The van der Waals surface area contributed by atoms with Crippen LogP contribution in [0.2, 0.25) is 0 Å². The van der Waals surface area contributed by atoms with Crippen molar-refractivity contribution in [3.8, 4) is 0 Å². The molecule has 9 heteroatoms. The summed E-state index contributed by atoms with van der Waals surface area (Å²) in [6, 6.07) is 1.83. The molecule has 102 valence electrons. The molecule has 0 bridgehead atoms. The first-order chi connectivity index (χ1) is 8.97. The minimum absolute atomic E-state index is 0.0114. The van der Waals surface area contributed by atoms with Gasteiger partial charge in [0.25, 0.3) is 0 Å². The number of rotatable bonds is 5. The van der Waals surface area contributed by atoms with Crippen LogP contribution in [0.25, 0.3) is 0 Å². The quantitative estimate of drug-likeness (QED) is 0.750. The first-order valence-electron chi connectivity index (χ1n) is 5.53. The number of anilines is 1. The predicted molar refractivity (Wildman–Crippen MR) is 68.5 cm³/mol. The van der Waals surface area contributed by atoms with Gasteiger partial charge in [0.05, 0.1) is 18.1 Å². The van der Waals surface area contributed by atoms with Gasteiger partial charge in [-0.3, -0.25) is 4.68 Å². The Labute approximate surface area is 110 Å². The van der Waals surface area contributed by atoms with E-state index in [2.05, 4.69) is 19.8 Å². The van der Waals surface area contributed by atoms with Gasteiger partial charge >= 0.3 is 0 Å². The zero-order valence-electron chi connectivity index (χ0n) is 10.3. The molecule has 2 aromatic rings. The van der Waals surface area contributed by atoms with Crippen molar-refractivity contribution in [3.63, 3.8) is 0 Å². The number of nitrogen functional groups attached to an aromatic ring is 1. The molecule has 19 heavy (non-hydrogen) atoms. The van der Waals surface area contributed by atoms with E-state index in [1.165, 1.54) is 12.4 Å². The fourth-order valence-corrected chi connectivity index (χ4v) is 2.38. The number of nitrogens with one attached hydrogen (secondary N) is 1. The third kappa shape index (κ3) is 3.48. The molecular weight excluding hydrogens is 268 g/mol. The van der Waals surface area contributed by atoms with E-state index in [1.54, 1.807) is 17.9 Å². The maximum absolute atomic E-state index is 11.9. The summed E-state index contributed by atoms with van der Waals surface area (Å²) >= 11 is 0. The van der Waals surface area contributed by atoms with Crippen molar-refractivity contribution in [2.75, 3.05) is 12.3 Å². The standard InChI is InChI=1S/C10H14N6O2S/c1-16-5-3-8(15-16)2-4-14-19(17,18)9-6-12-10(11)13-7-9/h3,5-7,14H,2,4H2,1H3,(H2,11,12,13). The number of aromatic nitrogens is 4. The molecule has 2 heterocycles. The summed E-state index contributed by atoms with van der Waals surface area (Å²) in [5.74, 6) is 0.0347. The molecule has 2 rings (SSSR count). The van der Waals surface area contributed by atoms with E-state index in [0.29, 0.717) is 6.42 Å². The molecule has 0 saturated carbocycles. The minimum Gasteiger partial charge on any atom is -0.368 e. The Kier molecular flexibility index (Phi) is 3.76. The Morgan fingerprint density at radius 3 is 2.63 bits per heavy atom. The van der Waals surface area contributed by atoms with Gasteiger partial charge in [0.2, 0.25) is 16.0 Å². The normalized spacial score (nSPS) is 11.6. The van der Waals surface area contributed by atoms with Crippen molar-refractivity contribution in [3.05, 3.63) is 30.4 Å². The van der Waals surface area contributed by atoms with Crippen LogP contribution in [0.1, 0.15) is 5.69 Å². The van der Waals surface area contributed by atoms with Gasteiger partial charge in [-0.25, -0.2) is 23.1 Å². The van der Waals surface area contributed by atoms with Crippen molar-refractivity contribution in [1.29, 1.82) is 0 Å². The molecule has 8 nitrogen and oxygen atoms in total. The first-order valence-corrected chi connectivity index (χ1v) is 7.01. The van der Waals surface area contributed by atoms with E-state index >= 15 is 0 Å². The molecule has 0 radical (unpaired) electrons. The van der Waals surface area contributed by atoms with Crippen LogP contribution in [-0.4, -0.2) is 34.7 Å². The van der Waals surface area contributed by atoms with Crippen LogP contribution in [0.15, 0.2) is 29.6 Å². The molecule has 0 unspecified atom stereocenters. The molecule has 0 spiro atoms. The van der Waals surface area contributed by atoms with Crippen LogP contribution in [0.4, 0.5) is 5.95 Å². The van der Waals surface area contributed by atoms with E-state index in [1.807, 2.05) is 6.07 Å². The highest BCUT2D eigenvalue weighted by atomic mass is 32.2. The summed E-state index contributed by atoms with van der Waals surface area (Å²) in [7, 11) is -1.80. The summed E-state index contributed by atoms with van der Waals surface area (Å²) in [6.45, 7) is 0.254. The number of aryl methyl sites for hydroxylation is 1. The molecule has 3 N–H and O–H groups in total. The zero-order valence-corrected chi connectivity index (χ0v) is 11.1. The van der Waals surface area contributed by atoms with Crippen molar-refractivity contribution in [1.82, 2.24) is 24.5 Å². The minimum atomic E-state index is -3.61. The molecule has 0 saturated heterocycles. The van der Waals surface area contributed by atoms with Crippen LogP contribution < -0.4 is 10.5 Å². The van der Waals surface area contributed by atoms with Crippen LogP contribution in [0.3, 0.4) is 0 Å². The lowest BCUT2D eigenvalue weighted by Gasteiger charge is -2.05.